The Balaban J connectivity index is 3.92. The van der Waals surface area contributed by atoms with Gasteiger partial charge in [-0.15, -0.1) is 0 Å². The third-order valence-corrected chi connectivity index (χ3v) is 12.3. The molecule has 0 radical (unpaired) electrons. The fourth-order valence-electron chi connectivity index (χ4n) is 7.69. The monoisotopic (exact) mass is 826 g/mol. The number of hydrogen-bond acceptors (Lipinski definition) is 5. The van der Waals surface area contributed by atoms with Gasteiger partial charge in [0.25, 0.3) is 10.1 Å². The predicted molar refractivity (Wildman–Crippen MR) is 245 cm³/mol. The number of hydrogen-bond donors (Lipinski definition) is 4. The summed E-state index contributed by atoms with van der Waals surface area (Å²) in [5, 5.41) is 23.5. The lowest BCUT2D eigenvalue weighted by atomic mass is 10.0. The second-order valence-corrected chi connectivity index (χ2v) is 18.7. The molecule has 3 atom stereocenters. The van der Waals surface area contributed by atoms with Gasteiger partial charge in [-0.25, -0.2) is 0 Å². The lowest BCUT2D eigenvalue weighted by Gasteiger charge is -2.22. The van der Waals surface area contributed by atoms with E-state index in [1.165, 1.54) is 192 Å². The van der Waals surface area contributed by atoms with Crippen LogP contribution in [0.5, 0.6) is 0 Å². The SMILES string of the molecule is CCCCCCCCCCC/C=C\CCCCCCCCC(O)C(=O)NC(CS(=O)(=O)O)C(O)/C=C/CCCCCCCCCCCCCCCCCCCCC. The summed E-state index contributed by atoms with van der Waals surface area (Å²) >= 11 is 0. The number of amides is 1. The minimum absolute atomic E-state index is 0.275. The molecule has 0 bridgehead atoms. The van der Waals surface area contributed by atoms with Crippen molar-refractivity contribution in [1.82, 2.24) is 5.32 Å². The molecule has 0 aliphatic heterocycles. The molecule has 0 saturated carbocycles. The number of nitrogens with one attached hydrogen (secondary N) is 1. The molecule has 338 valence electrons. The molecule has 0 saturated heterocycles. The average molecular weight is 826 g/mol. The summed E-state index contributed by atoms with van der Waals surface area (Å²) in [5.41, 5.74) is 0. The third-order valence-electron chi connectivity index (χ3n) is 11.5. The second kappa shape index (κ2) is 42.9. The van der Waals surface area contributed by atoms with Crippen molar-refractivity contribution >= 4 is 16.0 Å². The lowest BCUT2D eigenvalue weighted by molar-refractivity contribution is -0.130. The van der Waals surface area contributed by atoms with Crippen molar-refractivity contribution in [3.05, 3.63) is 24.3 Å². The van der Waals surface area contributed by atoms with Gasteiger partial charge in [-0.1, -0.05) is 237 Å². The molecule has 3 unspecified atom stereocenters. The smallest absolute Gasteiger partial charge is 0.267 e. The van der Waals surface area contributed by atoms with Crippen molar-refractivity contribution in [1.29, 1.82) is 0 Å². The van der Waals surface area contributed by atoms with Gasteiger partial charge in [0.1, 0.15) is 6.10 Å². The zero-order valence-electron chi connectivity index (χ0n) is 37.6. The second-order valence-electron chi connectivity index (χ2n) is 17.2. The highest BCUT2D eigenvalue weighted by atomic mass is 32.2. The fourth-order valence-corrected chi connectivity index (χ4v) is 8.42. The van der Waals surface area contributed by atoms with Crippen molar-refractivity contribution in [3.8, 4) is 0 Å². The summed E-state index contributed by atoms with van der Waals surface area (Å²) in [4.78, 5) is 12.7. The van der Waals surface area contributed by atoms with Crippen LogP contribution in [0.3, 0.4) is 0 Å². The molecule has 0 aromatic carbocycles. The highest BCUT2D eigenvalue weighted by Crippen LogP contribution is 2.16. The fraction of sp³-hybridized carbons (Fsp3) is 0.898. The van der Waals surface area contributed by atoms with Gasteiger partial charge >= 0.3 is 0 Å². The Morgan fingerprint density at radius 3 is 1.11 bits per heavy atom. The third kappa shape index (κ3) is 42.7. The molecule has 7 nitrogen and oxygen atoms in total. The zero-order valence-corrected chi connectivity index (χ0v) is 38.4. The van der Waals surface area contributed by atoms with Crippen LogP contribution in [-0.4, -0.2) is 53.1 Å². The topological polar surface area (TPSA) is 124 Å². The Hall–Kier alpha value is -1.22. The first-order valence-electron chi connectivity index (χ1n) is 24.6. The van der Waals surface area contributed by atoms with Crippen LogP contribution < -0.4 is 5.32 Å². The standard InChI is InChI=1S/C49H95NO6S/c1-3-5-7-9-11-13-15-17-19-21-23-24-26-27-29-31-33-35-37-39-41-43-47(51)46(45-57(54,55)56)50-49(53)48(52)44-42-40-38-36-34-32-30-28-25-22-20-18-16-14-12-10-8-6-4-2/h25,28,41,43,46-48,51-52H,3-24,26-27,29-40,42,44-45H2,1-2H3,(H,50,53)(H,54,55,56)/b28-25-,43-41+. The Bertz CT molecular complexity index is 1020. The number of aliphatic hydroxyl groups excluding tert-OH is 2. The number of unbranched alkanes of at least 4 members (excludes halogenated alkanes) is 34. The molecular formula is C49H95NO6S. The highest BCUT2D eigenvalue weighted by molar-refractivity contribution is 7.85. The molecule has 4 N–H and O–H groups in total. The maximum absolute atomic E-state index is 12.7. The maximum atomic E-state index is 12.7. The van der Waals surface area contributed by atoms with Crippen molar-refractivity contribution in [2.45, 2.75) is 276 Å². The molecule has 0 rings (SSSR count). The van der Waals surface area contributed by atoms with E-state index < -0.39 is 40.0 Å². The maximum Gasteiger partial charge on any atom is 0.267 e. The Kier molecular flexibility index (Phi) is 42.0. The molecule has 57 heavy (non-hydrogen) atoms. The van der Waals surface area contributed by atoms with Gasteiger partial charge in [-0.05, 0) is 44.9 Å². The van der Waals surface area contributed by atoms with Crippen molar-refractivity contribution in [3.63, 3.8) is 0 Å². The molecule has 0 fully saturated rings. The predicted octanol–water partition coefficient (Wildman–Crippen LogP) is 14.1. The molecule has 0 aromatic heterocycles. The number of aliphatic hydroxyl groups is 2. The van der Waals surface area contributed by atoms with Gasteiger partial charge in [0.15, 0.2) is 0 Å². The van der Waals surface area contributed by atoms with Gasteiger partial charge in [-0.3, -0.25) is 9.35 Å². The summed E-state index contributed by atoms with van der Waals surface area (Å²) in [6, 6.07) is -1.23. The van der Waals surface area contributed by atoms with Gasteiger partial charge in [0, 0.05) is 0 Å². The Morgan fingerprint density at radius 2 is 0.772 bits per heavy atom. The zero-order chi connectivity index (χ0) is 41.9. The number of carbonyl (C=O) groups excluding carboxylic acids is 1. The van der Waals surface area contributed by atoms with Gasteiger partial charge < -0.3 is 15.5 Å². The molecule has 0 aliphatic carbocycles. The van der Waals surface area contributed by atoms with Crippen LogP contribution in [0.25, 0.3) is 0 Å². The lowest BCUT2D eigenvalue weighted by Crippen LogP contribution is -2.50. The van der Waals surface area contributed by atoms with Crippen LogP contribution >= 0.6 is 0 Å². The summed E-state index contributed by atoms with van der Waals surface area (Å²) in [5.74, 6) is -1.53. The van der Waals surface area contributed by atoms with Crippen LogP contribution in [0.2, 0.25) is 0 Å². The van der Waals surface area contributed by atoms with E-state index >= 15 is 0 Å². The van der Waals surface area contributed by atoms with E-state index in [0.717, 1.165) is 44.9 Å². The molecular weight excluding hydrogens is 731 g/mol. The largest absolute Gasteiger partial charge is 0.387 e. The minimum Gasteiger partial charge on any atom is -0.387 e. The van der Waals surface area contributed by atoms with Crippen LogP contribution in [0.15, 0.2) is 24.3 Å². The molecule has 0 aromatic rings. The summed E-state index contributed by atoms with van der Waals surface area (Å²) in [7, 11) is -4.45. The van der Waals surface area contributed by atoms with E-state index in [9.17, 15) is 28.0 Å². The van der Waals surface area contributed by atoms with Crippen molar-refractivity contribution in [2.75, 3.05) is 5.75 Å². The van der Waals surface area contributed by atoms with Gasteiger partial charge in [0.05, 0.1) is 17.9 Å². The van der Waals surface area contributed by atoms with Crippen LogP contribution in [0.4, 0.5) is 0 Å². The minimum atomic E-state index is -4.45. The Labute approximate surface area is 354 Å². The van der Waals surface area contributed by atoms with Crippen LogP contribution in [0.1, 0.15) is 258 Å². The first-order valence-corrected chi connectivity index (χ1v) is 26.3. The first-order chi connectivity index (χ1) is 27.7. The number of carbonyl (C=O) groups is 1. The van der Waals surface area contributed by atoms with E-state index in [2.05, 4.69) is 31.3 Å². The van der Waals surface area contributed by atoms with E-state index in [1.54, 1.807) is 0 Å². The van der Waals surface area contributed by atoms with E-state index in [1.807, 2.05) is 6.08 Å². The molecule has 0 spiro atoms. The number of allylic oxidation sites excluding steroid dienone is 3. The molecule has 0 heterocycles. The van der Waals surface area contributed by atoms with E-state index in [-0.39, 0.29) is 6.42 Å². The quantitative estimate of drug-likeness (QED) is 0.0275. The molecule has 0 aliphatic rings. The first kappa shape index (κ1) is 55.8. The summed E-state index contributed by atoms with van der Waals surface area (Å²) in [6.45, 7) is 4.54. The molecule has 1 amide bonds. The van der Waals surface area contributed by atoms with E-state index in [0.29, 0.717) is 6.42 Å². The van der Waals surface area contributed by atoms with Gasteiger partial charge in [-0.2, -0.15) is 8.42 Å². The van der Waals surface area contributed by atoms with Crippen molar-refractivity contribution in [2.24, 2.45) is 0 Å². The average Bonchev–Trinajstić information content (AvgIpc) is 3.18. The van der Waals surface area contributed by atoms with Gasteiger partial charge in [0.2, 0.25) is 5.91 Å². The van der Waals surface area contributed by atoms with Crippen LogP contribution in [0, 0.1) is 0 Å². The summed E-state index contributed by atoms with van der Waals surface area (Å²) in [6.07, 6.45) is 52.4. The molecule has 8 heteroatoms. The highest BCUT2D eigenvalue weighted by Gasteiger charge is 2.27. The summed E-state index contributed by atoms with van der Waals surface area (Å²) < 4.78 is 32.7. The van der Waals surface area contributed by atoms with Crippen LogP contribution in [-0.2, 0) is 14.9 Å². The van der Waals surface area contributed by atoms with E-state index in [4.69, 9.17) is 0 Å². The normalized spacial score (nSPS) is 13.8. The number of rotatable bonds is 45. The van der Waals surface area contributed by atoms with Crippen molar-refractivity contribution < 1.29 is 28.0 Å². The Morgan fingerprint density at radius 1 is 0.474 bits per heavy atom.